The quantitative estimate of drug-likeness (QED) is 0.567. The van der Waals surface area contributed by atoms with Gasteiger partial charge in [-0.25, -0.2) is 4.79 Å². The number of allylic oxidation sites excluding steroid dienone is 1. The second-order valence-electron chi connectivity index (χ2n) is 3.80. The minimum Gasteiger partial charge on any atom is -0.480 e. The number of pyridine rings is 1. The number of aromatic nitrogens is 1. The molecule has 0 spiro atoms. The molecule has 1 heterocycles. The lowest BCUT2D eigenvalue weighted by atomic mass is 10.1. The number of carboxylic acid groups (broad SMARTS) is 1. The first-order valence-corrected chi connectivity index (χ1v) is 5.70. The summed E-state index contributed by atoms with van der Waals surface area (Å²) in [5.74, 6) is -1.51. The molecular weight excluding hydrogens is 232 g/mol. The van der Waals surface area contributed by atoms with Crippen LogP contribution in [0.1, 0.15) is 29.8 Å². The molecule has 0 bridgehead atoms. The molecule has 0 aliphatic heterocycles. The van der Waals surface area contributed by atoms with Crippen LogP contribution in [0, 0.1) is 0 Å². The highest BCUT2D eigenvalue weighted by Gasteiger charge is 2.20. The molecule has 0 saturated heterocycles. The van der Waals surface area contributed by atoms with Crippen LogP contribution in [-0.2, 0) is 4.79 Å². The zero-order valence-corrected chi connectivity index (χ0v) is 10.0. The molecule has 0 unspecified atom stereocenters. The largest absolute Gasteiger partial charge is 0.480 e. The number of carbonyl (C=O) groups excluding carboxylic acids is 1. The van der Waals surface area contributed by atoms with Crippen molar-refractivity contribution in [3.63, 3.8) is 0 Å². The van der Waals surface area contributed by atoms with Gasteiger partial charge in [-0.2, -0.15) is 0 Å². The van der Waals surface area contributed by atoms with E-state index in [1.807, 2.05) is 0 Å². The number of nitrogens with one attached hydrogen (secondary N) is 1. The summed E-state index contributed by atoms with van der Waals surface area (Å²) in [4.78, 5) is 26.6. The molecule has 5 nitrogen and oxygen atoms in total. The van der Waals surface area contributed by atoms with Crippen molar-refractivity contribution in [3.05, 3.63) is 42.7 Å². The smallest absolute Gasteiger partial charge is 0.326 e. The fourth-order valence-corrected chi connectivity index (χ4v) is 1.45. The van der Waals surface area contributed by atoms with Gasteiger partial charge in [-0.1, -0.05) is 12.1 Å². The van der Waals surface area contributed by atoms with Gasteiger partial charge in [-0.05, 0) is 31.4 Å². The Hall–Kier alpha value is -2.17. The first kappa shape index (κ1) is 13.9. The van der Waals surface area contributed by atoms with Gasteiger partial charge in [0.2, 0.25) is 0 Å². The number of rotatable bonds is 7. The van der Waals surface area contributed by atoms with E-state index >= 15 is 0 Å². The van der Waals surface area contributed by atoms with Crippen molar-refractivity contribution in [1.82, 2.24) is 10.3 Å². The molecule has 18 heavy (non-hydrogen) atoms. The summed E-state index contributed by atoms with van der Waals surface area (Å²) >= 11 is 0. The van der Waals surface area contributed by atoms with Crippen LogP contribution in [0.3, 0.4) is 0 Å². The van der Waals surface area contributed by atoms with Gasteiger partial charge in [-0.3, -0.25) is 9.78 Å². The van der Waals surface area contributed by atoms with Crippen molar-refractivity contribution in [3.8, 4) is 0 Å². The van der Waals surface area contributed by atoms with E-state index in [0.717, 1.165) is 6.42 Å². The molecule has 96 valence electrons. The van der Waals surface area contributed by atoms with Crippen molar-refractivity contribution < 1.29 is 14.7 Å². The van der Waals surface area contributed by atoms with Crippen LogP contribution in [-0.4, -0.2) is 28.0 Å². The number of hydrogen-bond donors (Lipinski definition) is 2. The minimum atomic E-state index is -1.04. The van der Waals surface area contributed by atoms with Crippen LogP contribution >= 0.6 is 0 Å². The summed E-state index contributed by atoms with van der Waals surface area (Å²) < 4.78 is 0. The third-order valence-electron chi connectivity index (χ3n) is 2.40. The Kier molecular flexibility index (Phi) is 5.57. The molecule has 0 saturated carbocycles. The molecule has 0 aliphatic rings. The molecule has 1 amide bonds. The van der Waals surface area contributed by atoms with Crippen molar-refractivity contribution in [2.24, 2.45) is 0 Å². The number of amides is 1. The summed E-state index contributed by atoms with van der Waals surface area (Å²) in [5.41, 5.74) is 0.215. The van der Waals surface area contributed by atoms with E-state index in [1.54, 1.807) is 18.2 Å². The average molecular weight is 248 g/mol. The maximum atomic E-state index is 11.7. The van der Waals surface area contributed by atoms with E-state index < -0.39 is 17.9 Å². The summed E-state index contributed by atoms with van der Waals surface area (Å²) in [6, 6.07) is 4.02. The summed E-state index contributed by atoms with van der Waals surface area (Å²) in [7, 11) is 0. The summed E-state index contributed by atoms with van der Waals surface area (Å²) in [6.45, 7) is 3.57. The van der Waals surface area contributed by atoms with Crippen molar-refractivity contribution in [2.45, 2.75) is 25.3 Å². The molecule has 0 aromatic carbocycles. The number of nitrogens with zero attached hydrogens (tertiary/aromatic N) is 1. The highest BCUT2D eigenvalue weighted by Crippen LogP contribution is 2.03. The van der Waals surface area contributed by atoms with E-state index in [-0.39, 0.29) is 5.69 Å². The van der Waals surface area contributed by atoms with E-state index in [1.165, 1.54) is 12.3 Å². The SMILES string of the molecule is C=CCCC[C@H](NC(=O)c1ccccn1)C(=O)O. The van der Waals surface area contributed by atoms with Crippen LogP contribution in [0.4, 0.5) is 0 Å². The molecule has 5 heteroatoms. The Morgan fingerprint density at radius 2 is 2.28 bits per heavy atom. The van der Waals surface area contributed by atoms with Crippen LogP contribution in [0.15, 0.2) is 37.1 Å². The predicted molar refractivity (Wildman–Crippen MR) is 67.2 cm³/mol. The second-order valence-corrected chi connectivity index (χ2v) is 3.80. The topological polar surface area (TPSA) is 79.3 Å². The molecular formula is C13H16N2O3. The molecule has 1 aromatic rings. The van der Waals surface area contributed by atoms with Crippen molar-refractivity contribution in [1.29, 1.82) is 0 Å². The van der Waals surface area contributed by atoms with Gasteiger partial charge in [0.1, 0.15) is 11.7 Å². The number of unbranched alkanes of at least 4 members (excludes halogenated alkanes) is 1. The van der Waals surface area contributed by atoms with Crippen LogP contribution in [0.5, 0.6) is 0 Å². The van der Waals surface area contributed by atoms with Crippen LogP contribution in [0.2, 0.25) is 0 Å². The first-order valence-electron chi connectivity index (χ1n) is 5.70. The molecule has 0 radical (unpaired) electrons. The van der Waals surface area contributed by atoms with Gasteiger partial charge in [0.05, 0.1) is 0 Å². The van der Waals surface area contributed by atoms with Gasteiger partial charge in [-0.15, -0.1) is 6.58 Å². The Morgan fingerprint density at radius 1 is 1.50 bits per heavy atom. The molecule has 1 atom stereocenters. The van der Waals surface area contributed by atoms with E-state index in [9.17, 15) is 9.59 Å². The zero-order chi connectivity index (χ0) is 13.4. The molecule has 1 aromatic heterocycles. The summed E-state index contributed by atoms with van der Waals surface area (Å²) in [6.07, 6.45) is 4.98. The van der Waals surface area contributed by atoms with E-state index in [0.29, 0.717) is 12.8 Å². The van der Waals surface area contributed by atoms with E-state index in [2.05, 4.69) is 16.9 Å². The number of carboxylic acids is 1. The Bertz CT molecular complexity index is 418. The lowest BCUT2D eigenvalue weighted by Crippen LogP contribution is -2.41. The lowest BCUT2D eigenvalue weighted by Gasteiger charge is -2.13. The normalized spacial score (nSPS) is 11.6. The standard InChI is InChI=1S/C13H16N2O3/c1-2-3-4-8-11(13(17)18)15-12(16)10-7-5-6-9-14-10/h2,5-7,9,11H,1,3-4,8H2,(H,15,16)(H,17,18)/t11-/m0/s1. The van der Waals surface area contributed by atoms with Crippen molar-refractivity contribution in [2.75, 3.05) is 0 Å². The van der Waals surface area contributed by atoms with Crippen LogP contribution < -0.4 is 5.32 Å². The van der Waals surface area contributed by atoms with Gasteiger partial charge >= 0.3 is 5.97 Å². The highest BCUT2D eigenvalue weighted by atomic mass is 16.4. The summed E-state index contributed by atoms with van der Waals surface area (Å²) in [5, 5.41) is 11.5. The molecule has 0 aliphatic carbocycles. The predicted octanol–water partition coefficient (Wildman–Crippen LogP) is 1.62. The minimum absolute atomic E-state index is 0.215. The number of hydrogen-bond acceptors (Lipinski definition) is 3. The maximum Gasteiger partial charge on any atom is 0.326 e. The zero-order valence-electron chi connectivity index (χ0n) is 10.0. The van der Waals surface area contributed by atoms with Crippen molar-refractivity contribution >= 4 is 11.9 Å². The molecule has 1 rings (SSSR count). The monoisotopic (exact) mass is 248 g/mol. The average Bonchev–Trinajstić information content (AvgIpc) is 2.38. The van der Waals surface area contributed by atoms with Crippen LogP contribution in [0.25, 0.3) is 0 Å². The lowest BCUT2D eigenvalue weighted by molar-refractivity contribution is -0.139. The number of aliphatic carboxylic acids is 1. The third-order valence-corrected chi connectivity index (χ3v) is 2.40. The second kappa shape index (κ2) is 7.21. The third kappa shape index (κ3) is 4.37. The van der Waals surface area contributed by atoms with Gasteiger partial charge in [0, 0.05) is 6.20 Å². The van der Waals surface area contributed by atoms with Gasteiger partial charge in [0.25, 0.3) is 5.91 Å². The van der Waals surface area contributed by atoms with E-state index in [4.69, 9.17) is 5.11 Å². The maximum absolute atomic E-state index is 11.7. The Labute approximate surface area is 106 Å². The Morgan fingerprint density at radius 3 is 2.83 bits per heavy atom. The first-order chi connectivity index (χ1) is 8.65. The van der Waals surface area contributed by atoms with Gasteiger partial charge in [0.15, 0.2) is 0 Å². The fourth-order valence-electron chi connectivity index (χ4n) is 1.45. The highest BCUT2D eigenvalue weighted by molar-refractivity contribution is 5.94. The fraction of sp³-hybridized carbons (Fsp3) is 0.308. The van der Waals surface area contributed by atoms with Gasteiger partial charge < -0.3 is 10.4 Å². The number of carbonyl (C=O) groups is 2. The Balaban J connectivity index is 2.58. The molecule has 2 N–H and O–H groups in total. The molecule has 0 fully saturated rings.